The molecule has 3 aliphatic carbocycles. The number of hydrogen-bond acceptors (Lipinski definition) is 1. The maximum Gasteiger partial charge on any atom is 0.165 e. The maximum atomic E-state index is 13.1. The second kappa shape index (κ2) is 9.14. The molecule has 154 valence electrons. The molecule has 0 heterocycles. The van der Waals surface area contributed by atoms with Crippen LogP contribution >= 0.6 is 0 Å². The Morgan fingerprint density at radius 2 is 1.11 bits per heavy atom. The van der Waals surface area contributed by atoms with Gasteiger partial charge in [-0.2, -0.15) is 0 Å². The first kappa shape index (κ1) is 20.2. The van der Waals surface area contributed by atoms with Crippen LogP contribution in [-0.2, 0) is 0 Å². The molecule has 0 N–H and O–H groups in total. The monoisotopic (exact) mass is 380 g/mol. The first-order valence-corrected chi connectivity index (χ1v) is 12.2. The van der Waals surface area contributed by atoms with Crippen LogP contribution in [0.4, 0.5) is 0 Å². The fraction of sp³-hybridized carbons (Fsp3) is 0.741. The molecular formula is C27H40O. The predicted molar refractivity (Wildman–Crippen MR) is 118 cm³/mol. The van der Waals surface area contributed by atoms with E-state index in [0.29, 0.717) is 11.7 Å². The van der Waals surface area contributed by atoms with Crippen LogP contribution in [0.5, 0.6) is 0 Å². The number of hydrogen-bond donors (Lipinski definition) is 0. The van der Waals surface area contributed by atoms with Crippen molar-refractivity contribution in [1.29, 1.82) is 0 Å². The highest BCUT2D eigenvalue weighted by Crippen LogP contribution is 2.42. The fourth-order valence-corrected chi connectivity index (χ4v) is 6.36. The minimum atomic E-state index is 0.278. The summed E-state index contributed by atoms with van der Waals surface area (Å²) in [5, 5.41) is 0. The van der Waals surface area contributed by atoms with Gasteiger partial charge in [0.2, 0.25) is 0 Å². The lowest BCUT2D eigenvalue weighted by Crippen LogP contribution is -2.28. The third-order valence-electron chi connectivity index (χ3n) is 8.55. The average molecular weight is 381 g/mol. The smallest absolute Gasteiger partial charge is 0.165 e. The van der Waals surface area contributed by atoms with Gasteiger partial charge in [-0.1, -0.05) is 63.8 Å². The first-order chi connectivity index (χ1) is 13.6. The van der Waals surface area contributed by atoms with Crippen LogP contribution in [0, 0.1) is 29.6 Å². The summed E-state index contributed by atoms with van der Waals surface area (Å²) in [6, 6.07) is 8.76. The summed E-state index contributed by atoms with van der Waals surface area (Å²) in [6.45, 7) is 4.79. The minimum Gasteiger partial charge on any atom is -0.294 e. The minimum absolute atomic E-state index is 0.278. The van der Waals surface area contributed by atoms with Crippen molar-refractivity contribution >= 4 is 5.78 Å². The molecule has 0 spiro atoms. The molecule has 0 amide bonds. The molecule has 0 bridgehead atoms. The summed E-state index contributed by atoms with van der Waals surface area (Å²) in [6.07, 6.45) is 15.9. The maximum absolute atomic E-state index is 13.1. The van der Waals surface area contributed by atoms with Gasteiger partial charge in [0.25, 0.3) is 0 Å². The Kier molecular flexibility index (Phi) is 6.59. The van der Waals surface area contributed by atoms with E-state index >= 15 is 0 Å². The van der Waals surface area contributed by atoms with Gasteiger partial charge in [-0.05, 0) is 86.5 Å². The van der Waals surface area contributed by atoms with Crippen molar-refractivity contribution in [3.63, 3.8) is 0 Å². The van der Waals surface area contributed by atoms with Crippen molar-refractivity contribution in [1.82, 2.24) is 0 Å². The van der Waals surface area contributed by atoms with Crippen LogP contribution in [0.3, 0.4) is 0 Å². The second-order valence-electron chi connectivity index (χ2n) is 10.6. The van der Waals surface area contributed by atoms with E-state index in [1.54, 1.807) is 0 Å². The molecule has 0 radical (unpaired) electrons. The summed E-state index contributed by atoms with van der Waals surface area (Å²) in [5.41, 5.74) is 2.42. The van der Waals surface area contributed by atoms with E-state index in [2.05, 4.69) is 38.1 Å². The van der Waals surface area contributed by atoms with Crippen molar-refractivity contribution < 1.29 is 4.79 Å². The van der Waals surface area contributed by atoms with E-state index in [9.17, 15) is 4.79 Å². The summed E-state index contributed by atoms with van der Waals surface area (Å²) >= 11 is 0. The standard InChI is InChI=1S/C27H40O/c1-19-3-7-21(8-4-19)23-11-15-25(16-12-23)27(28)26-17-13-24(14-18-26)22-9-5-20(2)6-10-22/h11-12,15-16,19-22,24,26H,3-10,13-14,17-18H2,1-2H3. The van der Waals surface area contributed by atoms with Crippen LogP contribution in [0.15, 0.2) is 24.3 Å². The Labute approximate surface area is 172 Å². The van der Waals surface area contributed by atoms with Gasteiger partial charge in [-0.15, -0.1) is 0 Å². The predicted octanol–water partition coefficient (Wildman–Crippen LogP) is 7.80. The van der Waals surface area contributed by atoms with E-state index in [1.165, 1.54) is 69.8 Å². The van der Waals surface area contributed by atoms with Gasteiger partial charge >= 0.3 is 0 Å². The number of carbonyl (C=O) groups is 1. The summed E-state index contributed by atoms with van der Waals surface area (Å²) < 4.78 is 0. The van der Waals surface area contributed by atoms with Gasteiger partial charge < -0.3 is 0 Å². The fourth-order valence-electron chi connectivity index (χ4n) is 6.36. The molecule has 3 aliphatic rings. The lowest BCUT2D eigenvalue weighted by molar-refractivity contribution is 0.0832. The van der Waals surface area contributed by atoms with Crippen LogP contribution in [0.2, 0.25) is 0 Å². The lowest BCUT2D eigenvalue weighted by atomic mass is 9.68. The molecule has 0 aliphatic heterocycles. The van der Waals surface area contributed by atoms with Gasteiger partial charge in [0, 0.05) is 11.5 Å². The number of ketones is 1. The molecule has 3 saturated carbocycles. The lowest BCUT2D eigenvalue weighted by Gasteiger charge is -2.37. The summed E-state index contributed by atoms with van der Waals surface area (Å²) in [4.78, 5) is 13.1. The zero-order valence-corrected chi connectivity index (χ0v) is 18.2. The number of rotatable bonds is 4. The largest absolute Gasteiger partial charge is 0.294 e. The van der Waals surface area contributed by atoms with Crippen molar-refractivity contribution in [2.75, 3.05) is 0 Å². The molecular weight excluding hydrogens is 340 g/mol. The SMILES string of the molecule is CC1CCC(c2ccc(C(=O)C3CCC(C4CCC(C)CC4)CC3)cc2)CC1. The highest BCUT2D eigenvalue weighted by Gasteiger charge is 2.32. The normalized spacial score (nSPS) is 36.8. The Morgan fingerprint density at radius 3 is 1.64 bits per heavy atom. The zero-order valence-electron chi connectivity index (χ0n) is 18.2. The van der Waals surface area contributed by atoms with Crippen LogP contribution in [-0.4, -0.2) is 5.78 Å². The quantitative estimate of drug-likeness (QED) is 0.487. The molecule has 1 aromatic rings. The molecule has 0 saturated heterocycles. The number of Topliss-reactive ketones (excluding diaryl/α,β-unsaturated/α-hetero) is 1. The van der Waals surface area contributed by atoms with Crippen molar-refractivity contribution in [3.05, 3.63) is 35.4 Å². The van der Waals surface area contributed by atoms with Gasteiger partial charge in [-0.3, -0.25) is 4.79 Å². The van der Waals surface area contributed by atoms with Crippen LogP contribution in [0.25, 0.3) is 0 Å². The Morgan fingerprint density at radius 1 is 0.643 bits per heavy atom. The van der Waals surface area contributed by atoms with Crippen molar-refractivity contribution in [2.24, 2.45) is 29.6 Å². The van der Waals surface area contributed by atoms with E-state index in [-0.39, 0.29) is 5.92 Å². The highest BCUT2D eigenvalue weighted by molar-refractivity contribution is 5.97. The highest BCUT2D eigenvalue weighted by atomic mass is 16.1. The third-order valence-corrected chi connectivity index (χ3v) is 8.55. The van der Waals surface area contributed by atoms with E-state index in [1.807, 2.05) is 0 Å². The van der Waals surface area contributed by atoms with E-state index in [0.717, 1.165) is 42.1 Å². The van der Waals surface area contributed by atoms with Crippen LogP contribution in [0.1, 0.15) is 113 Å². The van der Waals surface area contributed by atoms with E-state index in [4.69, 9.17) is 0 Å². The Hall–Kier alpha value is -1.11. The van der Waals surface area contributed by atoms with Gasteiger partial charge in [0.1, 0.15) is 0 Å². The van der Waals surface area contributed by atoms with Crippen molar-refractivity contribution in [3.8, 4) is 0 Å². The molecule has 1 aromatic carbocycles. The summed E-state index contributed by atoms with van der Waals surface area (Å²) in [7, 11) is 0. The summed E-state index contributed by atoms with van der Waals surface area (Å²) in [5.74, 6) is 5.09. The zero-order chi connectivity index (χ0) is 19.5. The van der Waals surface area contributed by atoms with Gasteiger partial charge in [0.05, 0.1) is 0 Å². The third kappa shape index (κ3) is 4.71. The number of benzene rings is 1. The van der Waals surface area contributed by atoms with Crippen molar-refractivity contribution in [2.45, 2.75) is 96.8 Å². The first-order valence-electron chi connectivity index (χ1n) is 12.2. The Balaban J connectivity index is 1.29. The molecule has 28 heavy (non-hydrogen) atoms. The molecule has 4 rings (SSSR count). The molecule has 1 nitrogen and oxygen atoms in total. The van der Waals surface area contributed by atoms with Gasteiger partial charge in [-0.25, -0.2) is 0 Å². The van der Waals surface area contributed by atoms with E-state index < -0.39 is 0 Å². The Bertz CT molecular complexity index is 621. The van der Waals surface area contributed by atoms with Crippen LogP contribution < -0.4 is 0 Å². The topological polar surface area (TPSA) is 17.1 Å². The average Bonchev–Trinajstić information content (AvgIpc) is 2.75. The molecule has 0 atom stereocenters. The molecule has 3 fully saturated rings. The molecule has 0 unspecified atom stereocenters. The second-order valence-corrected chi connectivity index (χ2v) is 10.6. The van der Waals surface area contributed by atoms with Gasteiger partial charge in [0.15, 0.2) is 5.78 Å². The number of carbonyl (C=O) groups excluding carboxylic acids is 1. The molecule has 0 aromatic heterocycles. The molecule has 1 heteroatoms.